The number of rotatable bonds is 3. The van der Waals surface area contributed by atoms with E-state index in [2.05, 4.69) is 55.5 Å². The lowest BCUT2D eigenvalue weighted by Crippen LogP contribution is -2.17. The van der Waals surface area contributed by atoms with Crippen molar-refractivity contribution in [2.75, 3.05) is 0 Å². The number of fused-ring (bicyclic) bond motifs is 1. The van der Waals surface area contributed by atoms with Crippen LogP contribution in [0.15, 0.2) is 48.5 Å². The van der Waals surface area contributed by atoms with Crippen molar-refractivity contribution in [1.82, 2.24) is 0 Å². The molecule has 0 radical (unpaired) electrons. The minimum absolute atomic E-state index is 0.0771. The molecule has 0 amide bonds. The first-order valence-electron chi connectivity index (χ1n) is 7.18. The van der Waals surface area contributed by atoms with E-state index in [9.17, 15) is 0 Å². The van der Waals surface area contributed by atoms with Gasteiger partial charge in [-0.05, 0) is 41.5 Å². The molecule has 1 aliphatic rings. The van der Waals surface area contributed by atoms with E-state index in [1.807, 2.05) is 0 Å². The molecule has 2 atom stereocenters. The predicted octanol–water partition coefficient (Wildman–Crippen LogP) is 3.98. The molecule has 0 aliphatic heterocycles. The second-order valence-electron chi connectivity index (χ2n) is 5.61. The number of nitrogens with two attached hydrogens (primary N) is 1. The van der Waals surface area contributed by atoms with Crippen molar-refractivity contribution in [3.63, 3.8) is 0 Å². The molecule has 2 aromatic carbocycles. The largest absolute Gasteiger partial charge is 0.323 e. The normalized spacial score (nSPS) is 16.9. The highest BCUT2D eigenvalue weighted by Crippen LogP contribution is 2.31. The average Bonchev–Trinajstić information content (AvgIpc) is 2.94. The van der Waals surface area contributed by atoms with Crippen molar-refractivity contribution >= 4 is 0 Å². The van der Waals surface area contributed by atoms with Crippen LogP contribution in [0.25, 0.3) is 0 Å². The van der Waals surface area contributed by atoms with Crippen molar-refractivity contribution in [1.29, 1.82) is 0 Å². The quantitative estimate of drug-likeness (QED) is 0.877. The smallest absolute Gasteiger partial charge is 0.0361 e. The fraction of sp³-hybridized carbons (Fsp3) is 0.333. The second kappa shape index (κ2) is 5.18. The summed E-state index contributed by atoms with van der Waals surface area (Å²) >= 11 is 0. The van der Waals surface area contributed by atoms with Crippen molar-refractivity contribution < 1.29 is 0 Å². The van der Waals surface area contributed by atoms with Crippen LogP contribution >= 0.6 is 0 Å². The van der Waals surface area contributed by atoms with Gasteiger partial charge < -0.3 is 5.73 Å². The summed E-state index contributed by atoms with van der Waals surface area (Å²) in [6.45, 7) is 2.22. The average molecular weight is 251 g/mol. The molecule has 0 saturated heterocycles. The molecule has 0 heterocycles. The van der Waals surface area contributed by atoms with Gasteiger partial charge >= 0.3 is 0 Å². The summed E-state index contributed by atoms with van der Waals surface area (Å²) in [6.07, 6.45) is 3.75. The number of benzene rings is 2. The molecule has 1 aliphatic carbocycles. The lowest BCUT2D eigenvalue weighted by Gasteiger charge is -2.21. The van der Waals surface area contributed by atoms with Gasteiger partial charge in [-0.25, -0.2) is 0 Å². The molecule has 2 unspecified atom stereocenters. The topological polar surface area (TPSA) is 26.0 Å². The fourth-order valence-corrected chi connectivity index (χ4v) is 3.05. The molecular formula is C18H21N. The van der Waals surface area contributed by atoms with Crippen LogP contribution in [0.3, 0.4) is 0 Å². The zero-order valence-corrected chi connectivity index (χ0v) is 11.5. The monoisotopic (exact) mass is 251 g/mol. The lowest BCUT2D eigenvalue weighted by atomic mass is 9.88. The van der Waals surface area contributed by atoms with Crippen molar-refractivity contribution in [3.8, 4) is 0 Å². The summed E-state index contributed by atoms with van der Waals surface area (Å²) in [5.41, 5.74) is 12.1. The third-order valence-electron chi connectivity index (χ3n) is 4.37. The molecule has 2 aromatic rings. The lowest BCUT2D eigenvalue weighted by molar-refractivity contribution is 0.597. The van der Waals surface area contributed by atoms with Gasteiger partial charge in [0.1, 0.15) is 0 Å². The highest BCUT2D eigenvalue weighted by atomic mass is 14.6. The molecule has 98 valence electrons. The zero-order chi connectivity index (χ0) is 13.2. The van der Waals surface area contributed by atoms with E-state index in [0.717, 1.165) is 0 Å². The molecule has 19 heavy (non-hydrogen) atoms. The first kappa shape index (κ1) is 12.4. The van der Waals surface area contributed by atoms with Gasteiger partial charge in [-0.2, -0.15) is 0 Å². The van der Waals surface area contributed by atoms with Crippen LogP contribution in [0, 0.1) is 0 Å². The highest BCUT2D eigenvalue weighted by Gasteiger charge is 2.19. The molecule has 0 aromatic heterocycles. The van der Waals surface area contributed by atoms with E-state index in [1.54, 1.807) is 0 Å². The molecule has 3 rings (SSSR count). The molecule has 1 nitrogen and oxygen atoms in total. The second-order valence-corrected chi connectivity index (χ2v) is 5.61. The van der Waals surface area contributed by atoms with Crippen LogP contribution in [-0.4, -0.2) is 0 Å². The molecular weight excluding hydrogens is 230 g/mol. The molecule has 0 fully saturated rings. The summed E-state index contributed by atoms with van der Waals surface area (Å²) in [5, 5.41) is 0. The third kappa shape index (κ3) is 2.43. The van der Waals surface area contributed by atoms with E-state index in [0.29, 0.717) is 5.92 Å². The minimum Gasteiger partial charge on any atom is -0.323 e. The SMILES string of the molecule is CC(c1ccccc1)C(N)c1ccc2c(c1)CCC2. The van der Waals surface area contributed by atoms with Gasteiger partial charge in [0.25, 0.3) is 0 Å². The maximum absolute atomic E-state index is 6.46. The van der Waals surface area contributed by atoms with E-state index in [4.69, 9.17) is 5.73 Å². The van der Waals surface area contributed by atoms with Gasteiger partial charge in [-0.3, -0.25) is 0 Å². The Kier molecular flexibility index (Phi) is 3.39. The summed E-state index contributed by atoms with van der Waals surface area (Å²) < 4.78 is 0. The third-order valence-corrected chi connectivity index (χ3v) is 4.37. The Balaban J connectivity index is 1.86. The Hall–Kier alpha value is -1.60. The van der Waals surface area contributed by atoms with Gasteiger partial charge in [0.2, 0.25) is 0 Å². The van der Waals surface area contributed by atoms with E-state index < -0.39 is 0 Å². The zero-order valence-electron chi connectivity index (χ0n) is 11.5. The van der Waals surface area contributed by atoms with Crippen LogP contribution in [0.2, 0.25) is 0 Å². The number of hydrogen-bond donors (Lipinski definition) is 1. The first-order chi connectivity index (χ1) is 9.25. The summed E-state index contributed by atoms with van der Waals surface area (Å²) in [6, 6.07) is 17.4. The standard InChI is InChI=1S/C18H21N/c1-13(14-6-3-2-4-7-14)18(19)17-11-10-15-8-5-9-16(15)12-17/h2-4,6-7,10-13,18H,5,8-9,19H2,1H3. The highest BCUT2D eigenvalue weighted by molar-refractivity contribution is 5.37. The number of hydrogen-bond acceptors (Lipinski definition) is 1. The van der Waals surface area contributed by atoms with Gasteiger partial charge in [0, 0.05) is 12.0 Å². The maximum atomic E-state index is 6.46. The van der Waals surface area contributed by atoms with Crippen LogP contribution in [0.1, 0.15) is 47.6 Å². The maximum Gasteiger partial charge on any atom is 0.0361 e. The van der Waals surface area contributed by atoms with E-state index in [-0.39, 0.29) is 6.04 Å². The molecule has 0 spiro atoms. The Labute approximate surface area is 115 Å². The number of aryl methyl sites for hydroxylation is 2. The van der Waals surface area contributed by atoms with Crippen molar-refractivity contribution in [2.45, 2.75) is 38.1 Å². The fourth-order valence-electron chi connectivity index (χ4n) is 3.05. The van der Waals surface area contributed by atoms with Crippen molar-refractivity contribution in [3.05, 3.63) is 70.8 Å². The Morgan fingerprint density at radius 2 is 1.63 bits per heavy atom. The van der Waals surface area contributed by atoms with Gasteiger partial charge in [0.15, 0.2) is 0 Å². The van der Waals surface area contributed by atoms with Crippen LogP contribution in [0.5, 0.6) is 0 Å². The van der Waals surface area contributed by atoms with Gasteiger partial charge in [-0.1, -0.05) is 55.5 Å². The van der Waals surface area contributed by atoms with E-state index in [1.165, 1.54) is 41.5 Å². The Morgan fingerprint density at radius 3 is 2.42 bits per heavy atom. The van der Waals surface area contributed by atoms with Crippen LogP contribution in [0.4, 0.5) is 0 Å². The summed E-state index contributed by atoms with van der Waals surface area (Å²) in [5.74, 6) is 0.348. The first-order valence-corrected chi connectivity index (χ1v) is 7.18. The Morgan fingerprint density at radius 1 is 0.895 bits per heavy atom. The van der Waals surface area contributed by atoms with Gasteiger partial charge in [-0.15, -0.1) is 0 Å². The molecule has 2 N–H and O–H groups in total. The summed E-state index contributed by atoms with van der Waals surface area (Å²) in [4.78, 5) is 0. The molecule has 0 saturated carbocycles. The predicted molar refractivity (Wildman–Crippen MR) is 80.3 cm³/mol. The Bertz CT molecular complexity index is 559. The molecule has 1 heteroatoms. The van der Waals surface area contributed by atoms with E-state index >= 15 is 0 Å². The summed E-state index contributed by atoms with van der Waals surface area (Å²) in [7, 11) is 0. The minimum atomic E-state index is 0.0771. The van der Waals surface area contributed by atoms with Gasteiger partial charge in [0.05, 0.1) is 0 Å². The molecule has 0 bridgehead atoms. The van der Waals surface area contributed by atoms with Crippen LogP contribution < -0.4 is 5.73 Å². The van der Waals surface area contributed by atoms with Crippen molar-refractivity contribution in [2.24, 2.45) is 5.73 Å². The van der Waals surface area contributed by atoms with Crippen LogP contribution in [-0.2, 0) is 12.8 Å².